The van der Waals surface area contributed by atoms with Crippen LogP contribution in [0, 0.1) is 11.8 Å². The molecule has 2 atom stereocenters. The molecule has 2 aliphatic carbocycles. The van der Waals surface area contributed by atoms with Crippen LogP contribution in [-0.2, 0) is 19.1 Å². The van der Waals surface area contributed by atoms with Gasteiger partial charge in [-0.05, 0) is 120 Å². The Kier molecular flexibility index (Phi) is 15.4. The highest BCUT2D eigenvalue weighted by molar-refractivity contribution is 5.73. The van der Waals surface area contributed by atoms with E-state index in [1.165, 1.54) is 22.3 Å². The van der Waals surface area contributed by atoms with Crippen molar-refractivity contribution in [2.75, 3.05) is 0 Å². The molecule has 204 valence electrons. The summed E-state index contributed by atoms with van der Waals surface area (Å²) in [7, 11) is 0. The summed E-state index contributed by atoms with van der Waals surface area (Å²) in [5, 5.41) is 0. The monoisotopic (exact) mass is 500 g/mol. The van der Waals surface area contributed by atoms with Crippen LogP contribution in [0.4, 0.5) is 0 Å². The quantitative estimate of drug-likeness (QED) is 0.222. The fraction of sp³-hybridized carbons (Fsp3) is 0.688. The lowest BCUT2D eigenvalue weighted by molar-refractivity contribution is -0.153. The van der Waals surface area contributed by atoms with E-state index in [9.17, 15) is 9.59 Å². The summed E-state index contributed by atoms with van der Waals surface area (Å²) in [5.74, 6) is 0.126. The van der Waals surface area contributed by atoms with Crippen LogP contribution in [0.1, 0.15) is 120 Å². The standard InChI is InChI=1S/2C16H26O2/c1-12(2)7-5-8-14-9-6-10-15(11-14)16(17)18-13(3)4;1-12(2)6-5-7-14-8-10-15(11-9-14)16(17)18-13(3)4/h7,9,13,15H,5-6,8,10-11H2,1-4H3;6,8,13,15H,5,7,9-11H2,1-4H3. The van der Waals surface area contributed by atoms with E-state index in [4.69, 9.17) is 9.47 Å². The van der Waals surface area contributed by atoms with Crippen molar-refractivity contribution in [3.05, 3.63) is 46.6 Å². The van der Waals surface area contributed by atoms with Crippen molar-refractivity contribution in [3.63, 3.8) is 0 Å². The van der Waals surface area contributed by atoms with Gasteiger partial charge in [-0.1, -0.05) is 46.6 Å². The molecule has 0 bridgehead atoms. The third-order valence-corrected chi connectivity index (χ3v) is 6.37. The number of ether oxygens (including phenoxy) is 2. The van der Waals surface area contributed by atoms with Crippen LogP contribution in [0.15, 0.2) is 46.6 Å². The average Bonchev–Trinajstić information content (AvgIpc) is 2.79. The molecule has 0 aromatic rings. The summed E-state index contributed by atoms with van der Waals surface area (Å²) in [5.41, 5.74) is 5.66. The van der Waals surface area contributed by atoms with Gasteiger partial charge in [-0.15, -0.1) is 0 Å². The van der Waals surface area contributed by atoms with E-state index in [0.717, 1.165) is 64.2 Å². The van der Waals surface area contributed by atoms with Crippen molar-refractivity contribution in [3.8, 4) is 0 Å². The average molecular weight is 501 g/mol. The summed E-state index contributed by atoms with van der Waals surface area (Å²) in [6, 6.07) is 0. The lowest BCUT2D eigenvalue weighted by Crippen LogP contribution is -2.23. The zero-order valence-corrected chi connectivity index (χ0v) is 24.3. The van der Waals surface area contributed by atoms with E-state index in [0.29, 0.717) is 0 Å². The molecular formula is C32H52O4. The van der Waals surface area contributed by atoms with Crippen molar-refractivity contribution in [1.82, 2.24) is 0 Å². The van der Waals surface area contributed by atoms with Crippen molar-refractivity contribution in [1.29, 1.82) is 0 Å². The highest BCUT2D eigenvalue weighted by Crippen LogP contribution is 2.29. The predicted octanol–water partition coefficient (Wildman–Crippen LogP) is 8.82. The molecular weight excluding hydrogens is 448 g/mol. The second-order valence-corrected chi connectivity index (χ2v) is 11.3. The molecule has 2 aliphatic rings. The zero-order valence-electron chi connectivity index (χ0n) is 24.3. The maximum atomic E-state index is 11.9. The molecule has 2 rings (SSSR count). The molecule has 0 fully saturated rings. The molecule has 0 radical (unpaired) electrons. The molecule has 0 saturated heterocycles. The Bertz CT molecular complexity index is 802. The highest BCUT2D eigenvalue weighted by Gasteiger charge is 2.24. The second-order valence-electron chi connectivity index (χ2n) is 11.3. The smallest absolute Gasteiger partial charge is 0.309 e. The van der Waals surface area contributed by atoms with Crippen LogP contribution >= 0.6 is 0 Å². The molecule has 4 nitrogen and oxygen atoms in total. The normalized spacial score (nSPS) is 19.4. The highest BCUT2D eigenvalue weighted by atomic mass is 16.5. The third-order valence-electron chi connectivity index (χ3n) is 6.37. The number of rotatable bonds is 10. The van der Waals surface area contributed by atoms with Crippen LogP contribution in [0.5, 0.6) is 0 Å². The molecule has 36 heavy (non-hydrogen) atoms. The van der Waals surface area contributed by atoms with Gasteiger partial charge in [-0.2, -0.15) is 0 Å². The number of allylic oxidation sites excluding steroid dienone is 8. The molecule has 0 heterocycles. The SMILES string of the molecule is CC(C)=CCCC1=CCC(C(=O)OC(C)C)CC1.CC(C)=CCCC1=CCCC(C(=O)OC(C)C)C1. The molecule has 0 N–H and O–H groups in total. The second kappa shape index (κ2) is 17.4. The largest absolute Gasteiger partial charge is 0.463 e. The first-order valence-electron chi connectivity index (χ1n) is 14.0. The Labute approximate surface area is 221 Å². The van der Waals surface area contributed by atoms with Gasteiger partial charge in [0.2, 0.25) is 0 Å². The molecule has 2 unspecified atom stereocenters. The minimum atomic E-state index is -0.0235. The van der Waals surface area contributed by atoms with Crippen molar-refractivity contribution in [2.24, 2.45) is 11.8 Å². The molecule has 0 aliphatic heterocycles. The summed E-state index contributed by atoms with van der Waals surface area (Å²) < 4.78 is 10.6. The van der Waals surface area contributed by atoms with Crippen LogP contribution in [-0.4, -0.2) is 24.1 Å². The van der Waals surface area contributed by atoms with Crippen LogP contribution in [0.3, 0.4) is 0 Å². The van der Waals surface area contributed by atoms with Gasteiger partial charge in [0, 0.05) is 0 Å². The van der Waals surface area contributed by atoms with Gasteiger partial charge in [-0.3, -0.25) is 9.59 Å². The minimum absolute atomic E-state index is 0.000503. The maximum absolute atomic E-state index is 11.9. The topological polar surface area (TPSA) is 52.6 Å². The van der Waals surface area contributed by atoms with E-state index in [2.05, 4.69) is 52.0 Å². The van der Waals surface area contributed by atoms with Gasteiger partial charge in [0.05, 0.1) is 24.0 Å². The molecule has 0 aromatic carbocycles. The van der Waals surface area contributed by atoms with Crippen molar-refractivity contribution < 1.29 is 19.1 Å². The molecule has 0 aromatic heterocycles. The Morgan fingerprint density at radius 1 is 0.806 bits per heavy atom. The molecule has 4 heteroatoms. The fourth-order valence-electron chi connectivity index (χ4n) is 4.47. The van der Waals surface area contributed by atoms with E-state index >= 15 is 0 Å². The first kappa shape index (κ1) is 31.9. The lowest BCUT2D eigenvalue weighted by Gasteiger charge is -2.22. The van der Waals surface area contributed by atoms with Gasteiger partial charge >= 0.3 is 11.9 Å². The number of hydrogen-bond donors (Lipinski definition) is 0. The van der Waals surface area contributed by atoms with E-state index in [-0.39, 0.29) is 36.0 Å². The van der Waals surface area contributed by atoms with E-state index in [1.54, 1.807) is 0 Å². The maximum Gasteiger partial charge on any atom is 0.309 e. The Hall–Kier alpha value is -2.10. The molecule has 0 spiro atoms. The lowest BCUT2D eigenvalue weighted by atomic mass is 9.87. The number of carbonyl (C=O) groups excluding carboxylic acids is 2. The van der Waals surface area contributed by atoms with Gasteiger partial charge < -0.3 is 9.47 Å². The predicted molar refractivity (Wildman–Crippen MR) is 151 cm³/mol. The zero-order chi connectivity index (χ0) is 27.1. The van der Waals surface area contributed by atoms with Crippen LogP contribution in [0.25, 0.3) is 0 Å². The number of esters is 2. The third kappa shape index (κ3) is 14.5. The first-order valence-corrected chi connectivity index (χ1v) is 14.0. The number of carbonyl (C=O) groups is 2. The Morgan fingerprint density at radius 2 is 1.33 bits per heavy atom. The summed E-state index contributed by atoms with van der Waals surface area (Å²) in [6.45, 7) is 16.1. The van der Waals surface area contributed by atoms with Gasteiger partial charge in [0.15, 0.2) is 0 Å². The van der Waals surface area contributed by atoms with E-state index < -0.39 is 0 Å². The number of hydrogen-bond acceptors (Lipinski definition) is 4. The van der Waals surface area contributed by atoms with Gasteiger partial charge in [-0.25, -0.2) is 0 Å². The van der Waals surface area contributed by atoms with Crippen molar-refractivity contribution in [2.45, 2.75) is 132 Å². The van der Waals surface area contributed by atoms with Gasteiger partial charge in [0.1, 0.15) is 0 Å². The van der Waals surface area contributed by atoms with Gasteiger partial charge in [0.25, 0.3) is 0 Å². The Balaban J connectivity index is 0.000000360. The van der Waals surface area contributed by atoms with E-state index in [1.807, 2.05) is 27.7 Å². The minimum Gasteiger partial charge on any atom is -0.463 e. The molecule has 0 amide bonds. The van der Waals surface area contributed by atoms with Crippen LogP contribution < -0.4 is 0 Å². The summed E-state index contributed by atoms with van der Waals surface area (Å²) in [4.78, 5) is 23.6. The Morgan fingerprint density at radius 3 is 1.81 bits per heavy atom. The fourth-order valence-corrected chi connectivity index (χ4v) is 4.47. The summed E-state index contributed by atoms with van der Waals surface area (Å²) in [6.07, 6.45) is 19.2. The van der Waals surface area contributed by atoms with Crippen molar-refractivity contribution >= 4 is 11.9 Å². The van der Waals surface area contributed by atoms with Crippen LogP contribution in [0.2, 0.25) is 0 Å². The first-order chi connectivity index (χ1) is 17.0. The summed E-state index contributed by atoms with van der Waals surface area (Å²) >= 11 is 0. The molecule has 0 saturated carbocycles.